The number of hydrogen-bond acceptors (Lipinski definition) is 8. The lowest BCUT2D eigenvalue weighted by Gasteiger charge is -2.22. The number of thiophene rings is 2. The molecule has 1 amide bonds. The third kappa shape index (κ3) is 6.22. The second-order valence-corrected chi connectivity index (χ2v) is 13.3. The lowest BCUT2D eigenvalue weighted by Crippen LogP contribution is -2.45. The SMILES string of the molecule is C=S(=O)=C1C(C(=O)NC(CCC(=O)c2cc3cc(CCC4CCNCC4)sc3s2)C(=O)O)=Nc2ccccc21. The molecule has 2 aromatic heterocycles. The van der Waals surface area contributed by atoms with Crippen LogP contribution in [0.5, 0.6) is 0 Å². The fourth-order valence-electron chi connectivity index (χ4n) is 5.00. The van der Waals surface area contributed by atoms with Gasteiger partial charge in [0.2, 0.25) is 0 Å². The van der Waals surface area contributed by atoms with Crippen molar-refractivity contribution in [2.75, 3.05) is 13.1 Å². The highest BCUT2D eigenvalue weighted by Gasteiger charge is 2.31. The Morgan fingerprint density at radius 1 is 1.18 bits per heavy atom. The molecule has 4 heterocycles. The highest BCUT2D eigenvalue weighted by Crippen LogP contribution is 2.35. The van der Waals surface area contributed by atoms with Crippen LogP contribution in [0.25, 0.3) is 9.40 Å². The summed E-state index contributed by atoms with van der Waals surface area (Å²) in [6.45, 7) is 2.20. The molecule has 8 nitrogen and oxygen atoms in total. The smallest absolute Gasteiger partial charge is 0.326 e. The maximum atomic E-state index is 13.0. The first-order valence-corrected chi connectivity index (χ1v) is 15.8. The van der Waals surface area contributed by atoms with Gasteiger partial charge in [-0.15, -0.1) is 22.7 Å². The van der Waals surface area contributed by atoms with Gasteiger partial charge >= 0.3 is 5.97 Å². The van der Waals surface area contributed by atoms with Crippen molar-refractivity contribution in [3.8, 4) is 0 Å². The van der Waals surface area contributed by atoms with Crippen LogP contribution in [0.1, 0.15) is 52.2 Å². The van der Waals surface area contributed by atoms with E-state index in [-0.39, 0.29) is 29.2 Å². The molecule has 0 spiro atoms. The molecular weight excluding hydrogens is 555 g/mol. The number of aliphatic imine (C=N–C) groups is 1. The van der Waals surface area contributed by atoms with Gasteiger partial charge in [0.05, 0.1) is 19.4 Å². The standard InChI is InChI=1S/C28H29N3O5S3/c1-39(36)25-19-4-2-3-5-20(19)30-24(25)26(33)31-21(27(34)35)8-9-22(32)23-15-17-14-18(37-28(17)38-23)7-6-16-10-12-29-13-11-16/h2-5,14-16,21,29H,1,6-13H2,(H,31,33)(H,34,35). The summed E-state index contributed by atoms with van der Waals surface area (Å²) in [4.78, 5) is 44.1. The predicted octanol–water partition coefficient (Wildman–Crippen LogP) is 3.91. The van der Waals surface area contributed by atoms with Crippen LogP contribution >= 0.6 is 22.7 Å². The minimum Gasteiger partial charge on any atom is -0.480 e. The number of piperidine rings is 1. The summed E-state index contributed by atoms with van der Waals surface area (Å²) in [5.41, 5.74) is 0.894. The predicted molar refractivity (Wildman–Crippen MR) is 160 cm³/mol. The van der Waals surface area contributed by atoms with E-state index in [0.29, 0.717) is 16.1 Å². The molecule has 2 aliphatic heterocycles. The molecule has 1 fully saturated rings. The number of para-hydroxylation sites is 1. The number of aliphatic carboxylic acids is 1. The Morgan fingerprint density at radius 3 is 2.67 bits per heavy atom. The second-order valence-electron chi connectivity index (χ2n) is 9.78. The van der Waals surface area contributed by atoms with Gasteiger partial charge in [0.1, 0.15) is 11.8 Å². The maximum Gasteiger partial charge on any atom is 0.326 e. The van der Waals surface area contributed by atoms with Gasteiger partial charge in [0, 0.05) is 32.2 Å². The van der Waals surface area contributed by atoms with Crippen LogP contribution in [0, 0.1) is 5.92 Å². The van der Waals surface area contributed by atoms with Crippen molar-refractivity contribution in [2.24, 2.45) is 10.9 Å². The summed E-state index contributed by atoms with van der Waals surface area (Å²) >= 11 is 3.17. The van der Waals surface area contributed by atoms with Crippen molar-refractivity contribution in [3.63, 3.8) is 0 Å². The van der Waals surface area contributed by atoms with Gasteiger partial charge in [-0.3, -0.25) is 9.59 Å². The van der Waals surface area contributed by atoms with Crippen LogP contribution in [0.4, 0.5) is 5.69 Å². The van der Waals surface area contributed by atoms with E-state index in [1.165, 1.54) is 35.5 Å². The quantitative estimate of drug-likeness (QED) is 0.246. The Balaban J connectivity index is 1.19. The first kappa shape index (κ1) is 27.4. The van der Waals surface area contributed by atoms with Crippen molar-refractivity contribution in [1.29, 1.82) is 0 Å². The minimum atomic E-state index is -1.75. The van der Waals surface area contributed by atoms with Crippen LogP contribution in [-0.2, 0) is 26.0 Å². The molecule has 3 N–H and O–H groups in total. The Morgan fingerprint density at radius 2 is 1.95 bits per heavy atom. The van der Waals surface area contributed by atoms with E-state index < -0.39 is 27.9 Å². The monoisotopic (exact) mass is 583 g/mol. The topological polar surface area (TPSA) is 125 Å². The Hall–Kier alpha value is -3.12. The van der Waals surface area contributed by atoms with E-state index in [0.717, 1.165) is 34.8 Å². The summed E-state index contributed by atoms with van der Waals surface area (Å²) in [6, 6.07) is 9.59. The number of aryl methyl sites for hydroxylation is 1. The van der Waals surface area contributed by atoms with Gasteiger partial charge in [-0.1, -0.05) is 18.2 Å². The van der Waals surface area contributed by atoms with Gasteiger partial charge in [0.15, 0.2) is 5.78 Å². The van der Waals surface area contributed by atoms with Crippen molar-refractivity contribution in [2.45, 2.75) is 44.6 Å². The molecule has 1 aromatic carbocycles. The van der Waals surface area contributed by atoms with Crippen molar-refractivity contribution in [3.05, 3.63) is 51.7 Å². The number of amides is 1. The Kier molecular flexibility index (Phi) is 8.41. The summed E-state index contributed by atoms with van der Waals surface area (Å²) < 4.78 is 13.3. The largest absolute Gasteiger partial charge is 0.480 e. The lowest BCUT2D eigenvalue weighted by atomic mass is 9.93. The van der Waals surface area contributed by atoms with E-state index in [1.807, 2.05) is 6.07 Å². The molecule has 39 heavy (non-hydrogen) atoms. The molecule has 204 valence electrons. The van der Waals surface area contributed by atoms with Crippen molar-refractivity contribution >= 4 is 81.8 Å². The zero-order chi connectivity index (χ0) is 27.5. The number of benzene rings is 1. The Bertz CT molecular complexity index is 1570. The average Bonchev–Trinajstić information content (AvgIpc) is 3.61. The highest BCUT2D eigenvalue weighted by atomic mass is 32.2. The molecule has 0 bridgehead atoms. The zero-order valence-corrected chi connectivity index (χ0v) is 23.7. The molecule has 1 atom stereocenters. The van der Waals surface area contributed by atoms with Gasteiger partial charge < -0.3 is 15.7 Å². The summed E-state index contributed by atoms with van der Waals surface area (Å²) in [7, 11) is -1.75. The molecule has 3 aromatic rings. The van der Waals surface area contributed by atoms with Gasteiger partial charge in [-0.2, -0.15) is 0 Å². The number of carbonyl (C=O) groups excluding carboxylic acids is 2. The number of carboxylic acids is 1. The number of Topliss-reactive ketones (excluding diaryl/α,β-unsaturated/α-hetero) is 1. The van der Waals surface area contributed by atoms with Crippen LogP contribution in [0.15, 0.2) is 41.4 Å². The van der Waals surface area contributed by atoms with Crippen molar-refractivity contribution in [1.82, 2.24) is 10.6 Å². The number of carbonyl (C=O) groups is 3. The number of fused-ring (bicyclic) bond motifs is 2. The van der Waals surface area contributed by atoms with Gasteiger partial charge in [-0.25, -0.2) is 14.0 Å². The van der Waals surface area contributed by atoms with Crippen LogP contribution in [0.2, 0.25) is 0 Å². The van der Waals surface area contributed by atoms with Crippen LogP contribution < -0.4 is 10.6 Å². The second kappa shape index (κ2) is 12.0. The number of nitrogens with one attached hydrogen (secondary N) is 2. The Labute approximate surface area is 235 Å². The summed E-state index contributed by atoms with van der Waals surface area (Å²) in [5, 5.41) is 16.6. The first-order valence-electron chi connectivity index (χ1n) is 12.9. The summed E-state index contributed by atoms with van der Waals surface area (Å²) in [6.07, 6.45) is 4.59. The molecule has 0 radical (unpaired) electrons. The van der Waals surface area contributed by atoms with Gasteiger partial charge in [-0.05, 0) is 75.2 Å². The highest BCUT2D eigenvalue weighted by molar-refractivity contribution is 7.85. The number of nitrogens with zero attached hydrogens (tertiary/aromatic N) is 1. The summed E-state index contributed by atoms with van der Waals surface area (Å²) in [5.74, 6) is 2.13. The van der Waals surface area contributed by atoms with E-state index in [1.54, 1.807) is 35.6 Å². The molecule has 11 heteroatoms. The molecule has 5 rings (SSSR count). The average molecular weight is 584 g/mol. The number of ketones is 1. The minimum absolute atomic E-state index is 0.0296. The molecule has 2 aliphatic rings. The molecule has 0 aliphatic carbocycles. The third-order valence-electron chi connectivity index (χ3n) is 7.10. The number of rotatable bonds is 10. The fraction of sp³-hybridized carbons (Fsp3) is 0.357. The zero-order valence-electron chi connectivity index (χ0n) is 21.2. The lowest BCUT2D eigenvalue weighted by molar-refractivity contribution is -0.141. The first-order chi connectivity index (χ1) is 18.8. The molecule has 0 saturated carbocycles. The number of carboxylic acid groups (broad SMARTS) is 1. The molecular formula is C28H29N3O5S3. The van der Waals surface area contributed by atoms with Crippen LogP contribution in [0.3, 0.4) is 0 Å². The van der Waals surface area contributed by atoms with E-state index in [2.05, 4.69) is 27.6 Å². The van der Waals surface area contributed by atoms with Crippen LogP contribution in [-0.4, -0.2) is 62.6 Å². The van der Waals surface area contributed by atoms with E-state index >= 15 is 0 Å². The number of hydrogen-bond donors (Lipinski definition) is 3. The fourth-order valence-corrected chi connectivity index (χ4v) is 8.24. The van der Waals surface area contributed by atoms with E-state index in [4.69, 9.17) is 0 Å². The van der Waals surface area contributed by atoms with Crippen molar-refractivity contribution < 1.29 is 23.7 Å². The third-order valence-corrected chi connectivity index (χ3v) is 10.5. The molecule has 1 saturated heterocycles. The molecule has 1 unspecified atom stereocenters. The van der Waals surface area contributed by atoms with Gasteiger partial charge in [0.25, 0.3) is 5.91 Å². The maximum absolute atomic E-state index is 13.0. The van der Waals surface area contributed by atoms with E-state index in [9.17, 15) is 23.7 Å². The normalized spacial score (nSPS) is 16.1.